The molecule has 0 saturated carbocycles. The molecule has 2 aromatic rings. The summed E-state index contributed by atoms with van der Waals surface area (Å²) in [6, 6.07) is 14.9. The lowest BCUT2D eigenvalue weighted by molar-refractivity contribution is -0.128. The number of thioether (sulfide) groups is 1. The zero-order valence-corrected chi connectivity index (χ0v) is 18.0. The van der Waals surface area contributed by atoms with Crippen molar-refractivity contribution < 1.29 is 14.3 Å². The van der Waals surface area contributed by atoms with Crippen LogP contribution in [0.2, 0.25) is 0 Å². The molecule has 2 rings (SSSR count). The Bertz CT molecular complexity index is 800. The minimum atomic E-state index is -0.133. The van der Waals surface area contributed by atoms with E-state index in [1.807, 2.05) is 55.5 Å². The van der Waals surface area contributed by atoms with Crippen LogP contribution in [-0.2, 0) is 9.59 Å². The zero-order valence-electron chi connectivity index (χ0n) is 15.6. The largest absolute Gasteiger partial charge is 0.496 e. The van der Waals surface area contributed by atoms with E-state index in [0.29, 0.717) is 0 Å². The first-order chi connectivity index (χ1) is 12.9. The quantitative estimate of drug-likeness (QED) is 0.649. The number of para-hydroxylation sites is 1. The summed E-state index contributed by atoms with van der Waals surface area (Å²) >= 11 is 4.66. The summed E-state index contributed by atoms with van der Waals surface area (Å²) in [6.07, 6.45) is 0. The fourth-order valence-electron chi connectivity index (χ4n) is 2.53. The highest BCUT2D eigenvalue weighted by Gasteiger charge is 2.20. The second-order valence-electron chi connectivity index (χ2n) is 5.97. The van der Waals surface area contributed by atoms with Crippen LogP contribution in [0.15, 0.2) is 53.0 Å². The number of anilines is 1. The molecule has 0 aliphatic carbocycles. The molecular weight excluding hydrogens is 428 g/mol. The number of rotatable bonds is 8. The van der Waals surface area contributed by atoms with E-state index in [2.05, 4.69) is 21.2 Å². The summed E-state index contributed by atoms with van der Waals surface area (Å²) in [4.78, 5) is 26.2. The first kappa shape index (κ1) is 21.3. The molecule has 0 aliphatic rings. The molecule has 0 spiro atoms. The standard InChI is InChI=1S/C20H23BrN2O3S/c1-14(17-9-4-5-10-18(17)26-3)23(2)20(25)13-27-12-19(24)22-16-8-6-7-15(21)11-16/h4-11,14H,12-13H2,1-3H3,(H,22,24). The van der Waals surface area contributed by atoms with E-state index in [-0.39, 0.29) is 29.4 Å². The van der Waals surface area contributed by atoms with Crippen molar-refractivity contribution in [3.8, 4) is 5.75 Å². The van der Waals surface area contributed by atoms with Gasteiger partial charge in [-0.3, -0.25) is 9.59 Å². The molecule has 2 aromatic carbocycles. The van der Waals surface area contributed by atoms with Crippen LogP contribution in [0.5, 0.6) is 5.75 Å². The van der Waals surface area contributed by atoms with Gasteiger partial charge in [-0.25, -0.2) is 0 Å². The van der Waals surface area contributed by atoms with Crippen LogP contribution < -0.4 is 10.1 Å². The second kappa shape index (κ2) is 10.4. The summed E-state index contributed by atoms with van der Waals surface area (Å²) in [5, 5.41) is 2.82. The molecule has 0 bridgehead atoms. The van der Waals surface area contributed by atoms with Gasteiger partial charge in [0.15, 0.2) is 0 Å². The highest BCUT2D eigenvalue weighted by Crippen LogP contribution is 2.28. The van der Waals surface area contributed by atoms with Gasteiger partial charge in [0, 0.05) is 22.8 Å². The van der Waals surface area contributed by atoms with Crippen LogP contribution in [0.25, 0.3) is 0 Å². The van der Waals surface area contributed by atoms with E-state index in [1.165, 1.54) is 11.8 Å². The average molecular weight is 451 g/mol. The van der Waals surface area contributed by atoms with Crippen LogP contribution in [0, 0.1) is 0 Å². The van der Waals surface area contributed by atoms with Crippen molar-refractivity contribution in [2.75, 3.05) is 31.0 Å². The lowest BCUT2D eigenvalue weighted by Crippen LogP contribution is -2.31. The second-order valence-corrected chi connectivity index (χ2v) is 7.88. The van der Waals surface area contributed by atoms with E-state index >= 15 is 0 Å². The number of benzene rings is 2. The minimum Gasteiger partial charge on any atom is -0.496 e. The third kappa shape index (κ3) is 6.29. The lowest BCUT2D eigenvalue weighted by atomic mass is 10.1. The molecule has 1 unspecified atom stereocenters. The topological polar surface area (TPSA) is 58.6 Å². The van der Waals surface area contributed by atoms with Crippen LogP contribution in [0.3, 0.4) is 0 Å². The predicted octanol–water partition coefficient (Wildman–Crippen LogP) is 4.35. The van der Waals surface area contributed by atoms with Crippen LogP contribution in [-0.4, -0.2) is 42.4 Å². The Morgan fingerprint density at radius 2 is 1.93 bits per heavy atom. The van der Waals surface area contributed by atoms with E-state index < -0.39 is 0 Å². The monoisotopic (exact) mass is 450 g/mol. The number of nitrogens with zero attached hydrogens (tertiary/aromatic N) is 1. The molecule has 0 aliphatic heterocycles. The molecule has 1 N–H and O–H groups in total. The third-order valence-electron chi connectivity index (χ3n) is 4.13. The molecule has 2 amide bonds. The van der Waals surface area contributed by atoms with Crippen molar-refractivity contribution >= 4 is 45.2 Å². The third-order valence-corrected chi connectivity index (χ3v) is 5.54. The van der Waals surface area contributed by atoms with E-state index in [9.17, 15) is 9.59 Å². The van der Waals surface area contributed by atoms with Gasteiger partial charge in [0.05, 0.1) is 24.7 Å². The normalized spacial score (nSPS) is 11.6. The van der Waals surface area contributed by atoms with E-state index in [0.717, 1.165) is 21.5 Å². The molecule has 0 aromatic heterocycles. The number of hydrogen-bond donors (Lipinski definition) is 1. The summed E-state index contributed by atoms with van der Waals surface area (Å²) in [6.45, 7) is 1.96. The predicted molar refractivity (Wildman–Crippen MR) is 114 cm³/mol. The Morgan fingerprint density at radius 3 is 2.63 bits per heavy atom. The first-order valence-electron chi connectivity index (χ1n) is 8.44. The maximum absolute atomic E-state index is 12.5. The molecule has 5 nitrogen and oxygen atoms in total. The highest BCUT2D eigenvalue weighted by atomic mass is 79.9. The molecule has 0 fully saturated rings. The molecule has 0 radical (unpaired) electrons. The Balaban J connectivity index is 1.83. The number of hydrogen-bond acceptors (Lipinski definition) is 4. The number of halogens is 1. The maximum atomic E-state index is 12.5. The minimum absolute atomic E-state index is 0.0336. The van der Waals surface area contributed by atoms with Crippen LogP contribution in [0.4, 0.5) is 5.69 Å². The zero-order chi connectivity index (χ0) is 19.8. The maximum Gasteiger partial charge on any atom is 0.234 e. The number of carbonyl (C=O) groups excluding carboxylic acids is 2. The van der Waals surface area contributed by atoms with Gasteiger partial charge in [-0.1, -0.05) is 40.2 Å². The van der Waals surface area contributed by atoms with Crippen molar-refractivity contribution in [2.45, 2.75) is 13.0 Å². The average Bonchev–Trinajstić information content (AvgIpc) is 2.66. The van der Waals surface area contributed by atoms with Crippen molar-refractivity contribution in [3.63, 3.8) is 0 Å². The van der Waals surface area contributed by atoms with Gasteiger partial charge in [-0.05, 0) is 31.2 Å². The molecular formula is C20H23BrN2O3S. The molecule has 27 heavy (non-hydrogen) atoms. The molecule has 0 heterocycles. The number of ether oxygens (including phenoxy) is 1. The van der Waals surface area contributed by atoms with Gasteiger partial charge in [-0.2, -0.15) is 0 Å². The van der Waals surface area contributed by atoms with Gasteiger partial charge < -0.3 is 15.0 Å². The number of carbonyl (C=O) groups is 2. The van der Waals surface area contributed by atoms with Crippen LogP contribution >= 0.6 is 27.7 Å². The van der Waals surface area contributed by atoms with E-state index in [1.54, 1.807) is 19.1 Å². The summed E-state index contributed by atoms with van der Waals surface area (Å²) in [5.74, 6) is 1.04. The molecule has 0 saturated heterocycles. The van der Waals surface area contributed by atoms with Crippen molar-refractivity contribution in [3.05, 3.63) is 58.6 Å². The van der Waals surface area contributed by atoms with Gasteiger partial charge in [0.1, 0.15) is 5.75 Å². The SMILES string of the molecule is COc1ccccc1C(C)N(C)C(=O)CSCC(=O)Nc1cccc(Br)c1. The molecule has 144 valence electrons. The fourth-order valence-corrected chi connectivity index (χ4v) is 3.67. The van der Waals surface area contributed by atoms with Crippen molar-refractivity contribution in [1.29, 1.82) is 0 Å². The number of amides is 2. The summed E-state index contributed by atoms with van der Waals surface area (Å²) in [7, 11) is 3.38. The number of methoxy groups -OCH3 is 1. The van der Waals surface area contributed by atoms with Gasteiger partial charge >= 0.3 is 0 Å². The van der Waals surface area contributed by atoms with Gasteiger partial charge in [0.25, 0.3) is 0 Å². The Hall–Kier alpha value is -1.99. The van der Waals surface area contributed by atoms with Crippen molar-refractivity contribution in [2.24, 2.45) is 0 Å². The smallest absolute Gasteiger partial charge is 0.234 e. The Labute approximate surface area is 172 Å². The molecule has 1 atom stereocenters. The molecule has 7 heteroatoms. The van der Waals surface area contributed by atoms with E-state index in [4.69, 9.17) is 4.74 Å². The van der Waals surface area contributed by atoms with Gasteiger partial charge in [-0.15, -0.1) is 11.8 Å². The van der Waals surface area contributed by atoms with Crippen LogP contribution in [0.1, 0.15) is 18.5 Å². The number of nitrogens with one attached hydrogen (secondary N) is 1. The summed E-state index contributed by atoms with van der Waals surface area (Å²) < 4.78 is 6.27. The fraction of sp³-hybridized carbons (Fsp3) is 0.300. The van der Waals surface area contributed by atoms with Crippen molar-refractivity contribution in [1.82, 2.24) is 4.90 Å². The lowest BCUT2D eigenvalue weighted by Gasteiger charge is -2.26. The Kier molecular flexibility index (Phi) is 8.19. The summed E-state index contributed by atoms with van der Waals surface area (Å²) in [5.41, 5.74) is 1.68. The highest BCUT2D eigenvalue weighted by molar-refractivity contribution is 9.10. The first-order valence-corrected chi connectivity index (χ1v) is 10.4. The van der Waals surface area contributed by atoms with Gasteiger partial charge in [0.2, 0.25) is 11.8 Å². The Morgan fingerprint density at radius 1 is 1.19 bits per heavy atom.